The van der Waals surface area contributed by atoms with Crippen molar-refractivity contribution in [1.29, 1.82) is 0 Å². The van der Waals surface area contributed by atoms with Crippen LogP contribution in [0, 0.1) is 12.7 Å². The summed E-state index contributed by atoms with van der Waals surface area (Å²) in [6.07, 6.45) is -0.910. The number of benzene rings is 1. The molecule has 1 atom stereocenters. The first-order valence-electron chi connectivity index (χ1n) is 5.00. The van der Waals surface area contributed by atoms with Gasteiger partial charge in [0.25, 0.3) is 5.91 Å². The SMILES string of the molecule is COCC(Oc1ccc(C)c(F)c1)C(=O)NN. The number of halogens is 1. The second-order valence-electron chi connectivity index (χ2n) is 3.48. The molecule has 1 unspecified atom stereocenters. The molecule has 0 aliphatic rings. The van der Waals surface area contributed by atoms with Crippen LogP contribution in [0.1, 0.15) is 5.56 Å². The van der Waals surface area contributed by atoms with Gasteiger partial charge in [-0.3, -0.25) is 10.2 Å². The maximum absolute atomic E-state index is 13.3. The van der Waals surface area contributed by atoms with Gasteiger partial charge in [-0.05, 0) is 18.6 Å². The summed E-state index contributed by atoms with van der Waals surface area (Å²) in [5, 5.41) is 0. The van der Waals surface area contributed by atoms with Crippen molar-refractivity contribution in [2.75, 3.05) is 13.7 Å². The van der Waals surface area contributed by atoms with Crippen LogP contribution in [-0.4, -0.2) is 25.7 Å². The number of aryl methyl sites for hydroxylation is 1. The summed E-state index contributed by atoms with van der Waals surface area (Å²) < 4.78 is 23.4. The lowest BCUT2D eigenvalue weighted by Gasteiger charge is -2.16. The van der Waals surface area contributed by atoms with Gasteiger partial charge in [0.05, 0.1) is 6.61 Å². The van der Waals surface area contributed by atoms with E-state index in [2.05, 4.69) is 0 Å². The maximum atomic E-state index is 13.3. The molecular weight excluding hydrogens is 227 g/mol. The standard InChI is InChI=1S/C11H15FN2O3/c1-7-3-4-8(5-9(7)12)17-10(6-16-2)11(15)14-13/h3-5,10H,6,13H2,1-2H3,(H,14,15). The number of hydrogen-bond acceptors (Lipinski definition) is 4. The van der Waals surface area contributed by atoms with Crippen LogP contribution in [-0.2, 0) is 9.53 Å². The van der Waals surface area contributed by atoms with E-state index in [1.54, 1.807) is 19.1 Å². The number of ether oxygens (including phenoxy) is 2. The zero-order valence-corrected chi connectivity index (χ0v) is 9.70. The Hall–Kier alpha value is -1.66. The zero-order chi connectivity index (χ0) is 12.8. The van der Waals surface area contributed by atoms with Crippen molar-refractivity contribution in [3.05, 3.63) is 29.6 Å². The van der Waals surface area contributed by atoms with Crippen LogP contribution in [0.4, 0.5) is 4.39 Å². The molecule has 1 aromatic carbocycles. The lowest BCUT2D eigenvalue weighted by atomic mass is 10.2. The largest absolute Gasteiger partial charge is 0.478 e. The summed E-state index contributed by atoms with van der Waals surface area (Å²) in [5.74, 6) is 4.32. The molecule has 3 N–H and O–H groups in total. The van der Waals surface area contributed by atoms with Crippen LogP contribution in [0.5, 0.6) is 5.75 Å². The summed E-state index contributed by atoms with van der Waals surface area (Å²) >= 11 is 0. The molecule has 0 fully saturated rings. The van der Waals surface area contributed by atoms with Gasteiger partial charge in [0, 0.05) is 13.2 Å². The minimum atomic E-state index is -0.910. The number of hydrazine groups is 1. The van der Waals surface area contributed by atoms with E-state index in [4.69, 9.17) is 15.3 Å². The second-order valence-corrected chi connectivity index (χ2v) is 3.48. The third-order valence-electron chi connectivity index (χ3n) is 2.17. The van der Waals surface area contributed by atoms with Gasteiger partial charge in [0.2, 0.25) is 6.10 Å². The lowest BCUT2D eigenvalue weighted by molar-refractivity contribution is -0.130. The third kappa shape index (κ3) is 3.69. The summed E-state index contributed by atoms with van der Waals surface area (Å²) in [5.41, 5.74) is 2.46. The highest BCUT2D eigenvalue weighted by Crippen LogP contribution is 2.17. The van der Waals surface area contributed by atoms with Crippen molar-refractivity contribution in [3.8, 4) is 5.75 Å². The summed E-state index contributed by atoms with van der Waals surface area (Å²) in [4.78, 5) is 11.3. The van der Waals surface area contributed by atoms with E-state index in [0.717, 1.165) is 0 Å². The van der Waals surface area contributed by atoms with E-state index in [-0.39, 0.29) is 12.4 Å². The fraction of sp³-hybridized carbons (Fsp3) is 0.364. The average Bonchev–Trinajstić information content (AvgIpc) is 2.32. The average molecular weight is 242 g/mol. The molecule has 17 heavy (non-hydrogen) atoms. The van der Waals surface area contributed by atoms with Gasteiger partial charge < -0.3 is 9.47 Å². The Kier molecular flexibility index (Phi) is 4.86. The molecule has 1 amide bonds. The van der Waals surface area contributed by atoms with E-state index < -0.39 is 17.8 Å². The molecular formula is C11H15FN2O3. The number of methoxy groups -OCH3 is 1. The van der Waals surface area contributed by atoms with Crippen LogP contribution in [0.2, 0.25) is 0 Å². The lowest BCUT2D eigenvalue weighted by Crippen LogP contribution is -2.44. The van der Waals surface area contributed by atoms with Crippen molar-refractivity contribution >= 4 is 5.91 Å². The quantitative estimate of drug-likeness (QED) is 0.448. The molecule has 0 radical (unpaired) electrons. The molecule has 0 aromatic heterocycles. The van der Waals surface area contributed by atoms with E-state index in [9.17, 15) is 9.18 Å². The van der Waals surface area contributed by atoms with E-state index >= 15 is 0 Å². The highest BCUT2D eigenvalue weighted by molar-refractivity contribution is 5.80. The fourth-order valence-electron chi connectivity index (χ4n) is 1.22. The monoisotopic (exact) mass is 242 g/mol. The summed E-state index contributed by atoms with van der Waals surface area (Å²) in [6.45, 7) is 1.66. The molecule has 0 heterocycles. The van der Waals surface area contributed by atoms with Crippen molar-refractivity contribution in [1.82, 2.24) is 5.43 Å². The van der Waals surface area contributed by atoms with Crippen molar-refractivity contribution in [2.45, 2.75) is 13.0 Å². The van der Waals surface area contributed by atoms with Gasteiger partial charge in [0.1, 0.15) is 11.6 Å². The van der Waals surface area contributed by atoms with Gasteiger partial charge >= 0.3 is 0 Å². The van der Waals surface area contributed by atoms with Crippen molar-refractivity contribution in [2.24, 2.45) is 5.84 Å². The second kappa shape index (κ2) is 6.17. The Morgan fingerprint density at radius 2 is 2.29 bits per heavy atom. The number of hydrogen-bond donors (Lipinski definition) is 2. The molecule has 6 heteroatoms. The fourth-order valence-corrected chi connectivity index (χ4v) is 1.22. The molecule has 0 saturated heterocycles. The van der Waals surface area contributed by atoms with Crippen molar-refractivity contribution < 1.29 is 18.7 Å². The number of nitrogens with one attached hydrogen (secondary N) is 1. The minimum absolute atomic E-state index is 0.0263. The van der Waals surface area contributed by atoms with Crippen LogP contribution in [0.15, 0.2) is 18.2 Å². The van der Waals surface area contributed by atoms with Crippen LogP contribution in [0.3, 0.4) is 0 Å². The maximum Gasteiger partial charge on any atom is 0.277 e. The molecule has 0 aliphatic heterocycles. The molecule has 1 rings (SSSR count). The minimum Gasteiger partial charge on any atom is -0.478 e. The van der Waals surface area contributed by atoms with E-state index in [1.165, 1.54) is 13.2 Å². The van der Waals surface area contributed by atoms with Gasteiger partial charge in [0.15, 0.2) is 0 Å². The summed E-state index contributed by atoms with van der Waals surface area (Å²) in [6, 6.07) is 4.35. The van der Waals surface area contributed by atoms with Crippen molar-refractivity contribution in [3.63, 3.8) is 0 Å². The first kappa shape index (κ1) is 13.4. The van der Waals surface area contributed by atoms with Gasteiger partial charge in [-0.2, -0.15) is 0 Å². The van der Waals surface area contributed by atoms with E-state index in [1.807, 2.05) is 5.43 Å². The molecule has 1 aromatic rings. The molecule has 94 valence electrons. The van der Waals surface area contributed by atoms with Gasteiger partial charge in [-0.25, -0.2) is 10.2 Å². The number of carbonyl (C=O) groups is 1. The molecule has 0 saturated carbocycles. The molecule has 5 nitrogen and oxygen atoms in total. The topological polar surface area (TPSA) is 73.6 Å². The number of amides is 1. The Bertz CT molecular complexity index is 398. The molecule has 0 bridgehead atoms. The molecule has 0 aliphatic carbocycles. The van der Waals surface area contributed by atoms with Gasteiger partial charge in [-0.1, -0.05) is 6.07 Å². The Morgan fingerprint density at radius 3 is 2.82 bits per heavy atom. The first-order valence-corrected chi connectivity index (χ1v) is 5.00. The van der Waals surface area contributed by atoms with Crippen LogP contribution >= 0.6 is 0 Å². The van der Waals surface area contributed by atoms with E-state index in [0.29, 0.717) is 5.56 Å². The Morgan fingerprint density at radius 1 is 1.59 bits per heavy atom. The Balaban J connectivity index is 2.78. The predicted molar refractivity (Wildman–Crippen MR) is 59.8 cm³/mol. The highest BCUT2D eigenvalue weighted by Gasteiger charge is 2.19. The number of carbonyl (C=O) groups excluding carboxylic acids is 1. The number of rotatable bonds is 5. The zero-order valence-electron chi connectivity index (χ0n) is 9.70. The smallest absolute Gasteiger partial charge is 0.277 e. The van der Waals surface area contributed by atoms with Crippen LogP contribution < -0.4 is 16.0 Å². The summed E-state index contributed by atoms with van der Waals surface area (Å²) in [7, 11) is 1.43. The normalized spacial score (nSPS) is 12.0. The Labute approximate surface area is 98.7 Å². The number of nitrogens with two attached hydrogens (primary N) is 1. The van der Waals surface area contributed by atoms with Gasteiger partial charge in [-0.15, -0.1) is 0 Å². The first-order chi connectivity index (χ1) is 8.08. The molecule has 0 spiro atoms. The van der Waals surface area contributed by atoms with Crippen LogP contribution in [0.25, 0.3) is 0 Å². The third-order valence-corrected chi connectivity index (χ3v) is 2.17. The highest BCUT2D eigenvalue weighted by atomic mass is 19.1. The predicted octanol–water partition coefficient (Wildman–Crippen LogP) is 0.518.